The number of likely N-dealkylation sites (tertiary alicyclic amines) is 1. The molecule has 3 rings (SSSR count). The number of anilines is 1. The lowest BCUT2D eigenvalue weighted by Gasteiger charge is -2.20. The summed E-state index contributed by atoms with van der Waals surface area (Å²) in [5.41, 5.74) is 6.77. The molecule has 2 aromatic carbocycles. The second-order valence-corrected chi connectivity index (χ2v) is 8.06. The molecule has 0 aliphatic carbocycles. The molecular formula is C20H21N4O4S. The normalized spacial score (nSPS) is 14.6. The summed E-state index contributed by atoms with van der Waals surface area (Å²) in [7, 11) is -4.44. The highest BCUT2D eigenvalue weighted by atomic mass is 32.2. The first-order chi connectivity index (χ1) is 13.8. The highest BCUT2D eigenvalue weighted by Gasteiger charge is 2.24. The van der Waals surface area contributed by atoms with Gasteiger partial charge in [0.25, 0.3) is 0 Å². The Labute approximate surface area is 169 Å². The zero-order valence-corrected chi connectivity index (χ0v) is 16.4. The molecule has 0 bridgehead atoms. The molecule has 1 aliphatic heterocycles. The minimum absolute atomic E-state index is 0.176. The van der Waals surface area contributed by atoms with Crippen molar-refractivity contribution in [2.45, 2.75) is 12.8 Å². The second kappa shape index (κ2) is 8.87. The molecule has 2 aromatic rings. The topological polar surface area (TPSA) is 122 Å². The summed E-state index contributed by atoms with van der Waals surface area (Å²) in [6.45, 7) is 1.27. The van der Waals surface area contributed by atoms with Crippen molar-refractivity contribution in [2.75, 3.05) is 18.4 Å². The van der Waals surface area contributed by atoms with E-state index in [1.165, 1.54) is 6.42 Å². The maximum absolute atomic E-state index is 12.1. The number of hydrogen-bond donors (Lipinski definition) is 2. The van der Waals surface area contributed by atoms with E-state index in [9.17, 15) is 18.0 Å². The molecular weight excluding hydrogens is 392 g/mol. The van der Waals surface area contributed by atoms with Crippen LogP contribution >= 0.6 is 0 Å². The van der Waals surface area contributed by atoms with Crippen molar-refractivity contribution in [3.05, 3.63) is 72.1 Å². The van der Waals surface area contributed by atoms with Gasteiger partial charge in [-0.2, -0.15) is 8.42 Å². The summed E-state index contributed by atoms with van der Waals surface area (Å²) in [6, 6.07) is 15.8. The Kier molecular flexibility index (Phi) is 6.28. The van der Waals surface area contributed by atoms with Gasteiger partial charge in [0, 0.05) is 24.3 Å². The third-order valence-corrected chi connectivity index (χ3v) is 5.30. The van der Waals surface area contributed by atoms with E-state index >= 15 is 0 Å². The van der Waals surface area contributed by atoms with Crippen LogP contribution in [0.1, 0.15) is 24.0 Å². The van der Waals surface area contributed by atoms with Crippen LogP contribution in [0, 0.1) is 6.42 Å². The van der Waals surface area contributed by atoms with Crippen LogP contribution in [0.2, 0.25) is 0 Å². The van der Waals surface area contributed by atoms with Crippen LogP contribution in [0.25, 0.3) is 0 Å². The molecule has 0 spiro atoms. The summed E-state index contributed by atoms with van der Waals surface area (Å²) in [4.78, 5) is 25.1. The average molecular weight is 413 g/mol. The van der Waals surface area contributed by atoms with E-state index in [0.717, 1.165) is 18.4 Å². The van der Waals surface area contributed by atoms with E-state index in [1.807, 2.05) is 30.3 Å². The maximum Gasteiger partial charge on any atom is 0.356 e. The smallest absolute Gasteiger partial charge is 0.355 e. The van der Waals surface area contributed by atoms with E-state index in [-0.39, 0.29) is 11.7 Å². The fraction of sp³-hybridized carbons (Fsp3) is 0.200. The van der Waals surface area contributed by atoms with Crippen molar-refractivity contribution in [3.8, 4) is 0 Å². The number of carbonyl (C=O) groups excluding carboxylic acids is 2. The number of carbonyl (C=O) groups is 2. The maximum atomic E-state index is 12.1. The first-order valence-corrected chi connectivity index (χ1v) is 10.5. The summed E-state index contributed by atoms with van der Waals surface area (Å²) in [5, 5.41) is 1.26. The van der Waals surface area contributed by atoms with Crippen LogP contribution in [-0.2, 0) is 14.8 Å². The van der Waals surface area contributed by atoms with Crippen LogP contribution in [0.15, 0.2) is 59.0 Å². The number of benzene rings is 2. The van der Waals surface area contributed by atoms with E-state index in [2.05, 4.69) is 9.71 Å². The number of primary amides is 1. The quantitative estimate of drug-likeness (QED) is 0.574. The van der Waals surface area contributed by atoms with Gasteiger partial charge in [-0.25, -0.2) is 0 Å². The number of rotatable bonds is 5. The molecule has 1 fully saturated rings. The van der Waals surface area contributed by atoms with Gasteiger partial charge in [0.1, 0.15) is 5.84 Å². The number of nitrogens with two attached hydrogens (primary N) is 1. The lowest BCUT2D eigenvalue weighted by molar-refractivity contribution is -0.112. The Balaban J connectivity index is 1.78. The molecule has 0 aromatic heterocycles. The van der Waals surface area contributed by atoms with Crippen molar-refractivity contribution in [2.24, 2.45) is 10.1 Å². The van der Waals surface area contributed by atoms with Crippen LogP contribution in [0.3, 0.4) is 0 Å². The molecule has 1 aliphatic rings. The summed E-state index contributed by atoms with van der Waals surface area (Å²) < 4.78 is 27.5. The summed E-state index contributed by atoms with van der Waals surface area (Å²) in [5.74, 6) is -0.108. The van der Waals surface area contributed by atoms with Gasteiger partial charge in [0.15, 0.2) is 0 Å². The second-order valence-electron chi connectivity index (χ2n) is 6.52. The lowest BCUT2D eigenvalue weighted by Crippen LogP contribution is -2.31. The lowest BCUT2D eigenvalue weighted by atomic mass is 10.1. The molecule has 2 amide bonds. The fourth-order valence-corrected chi connectivity index (χ4v) is 3.50. The molecule has 9 heteroatoms. The Morgan fingerprint density at radius 2 is 1.62 bits per heavy atom. The summed E-state index contributed by atoms with van der Waals surface area (Å²) in [6.07, 6.45) is 3.28. The van der Waals surface area contributed by atoms with Gasteiger partial charge < -0.3 is 16.0 Å². The van der Waals surface area contributed by atoms with Crippen molar-refractivity contribution >= 4 is 32.7 Å². The number of amides is 2. The number of sulfonamides is 1. The predicted molar refractivity (Wildman–Crippen MR) is 111 cm³/mol. The van der Waals surface area contributed by atoms with Crippen LogP contribution in [0.5, 0.6) is 0 Å². The first kappa shape index (κ1) is 20.5. The molecule has 3 N–H and O–H groups in total. The molecule has 1 heterocycles. The highest BCUT2D eigenvalue weighted by Crippen LogP contribution is 2.18. The molecule has 151 valence electrons. The van der Waals surface area contributed by atoms with Gasteiger partial charge in [-0.1, -0.05) is 30.3 Å². The third kappa shape index (κ3) is 5.41. The predicted octanol–water partition coefficient (Wildman–Crippen LogP) is 2.13. The number of amidine groups is 1. The van der Waals surface area contributed by atoms with E-state index < -0.39 is 15.3 Å². The van der Waals surface area contributed by atoms with Crippen LogP contribution < -0.4 is 11.1 Å². The average Bonchev–Trinajstić information content (AvgIpc) is 3.22. The van der Waals surface area contributed by atoms with Crippen molar-refractivity contribution in [3.63, 3.8) is 0 Å². The van der Waals surface area contributed by atoms with Crippen molar-refractivity contribution < 1.29 is 18.0 Å². The van der Waals surface area contributed by atoms with E-state index in [0.29, 0.717) is 24.3 Å². The SMILES string of the molecule is NC(=O)S(=O)(=O)N=C(c1ccc(NC(=O)[CH]c2ccccc2)cc1)N1CCCC1. The van der Waals surface area contributed by atoms with Crippen LogP contribution in [-0.4, -0.2) is 43.4 Å². The van der Waals surface area contributed by atoms with Crippen molar-refractivity contribution in [1.29, 1.82) is 0 Å². The minimum Gasteiger partial charge on any atom is -0.355 e. The van der Waals surface area contributed by atoms with Gasteiger partial charge >= 0.3 is 15.3 Å². The molecule has 0 unspecified atom stereocenters. The van der Waals surface area contributed by atoms with Crippen molar-refractivity contribution in [1.82, 2.24) is 4.90 Å². The largest absolute Gasteiger partial charge is 0.356 e. The molecule has 1 saturated heterocycles. The fourth-order valence-electron chi connectivity index (χ4n) is 2.96. The van der Waals surface area contributed by atoms with Gasteiger partial charge in [-0.3, -0.25) is 9.59 Å². The molecule has 1 radical (unpaired) electrons. The van der Waals surface area contributed by atoms with Gasteiger partial charge in [-0.15, -0.1) is 4.40 Å². The molecule has 8 nitrogen and oxygen atoms in total. The zero-order valence-electron chi connectivity index (χ0n) is 15.6. The van der Waals surface area contributed by atoms with E-state index in [4.69, 9.17) is 5.73 Å². The number of nitrogens with one attached hydrogen (secondary N) is 1. The monoisotopic (exact) mass is 413 g/mol. The third-order valence-electron chi connectivity index (χ3n) is 4.37. The van der Waals surface area contributed by atoms with Gasteiger partial charge in [0.2, 0.25) is 5.91 Å². The van der Waals surface area contributed by atoms with Gasteiger partial charge in [-0.05, 0) is 42.7 Å². The summed E-state index contributed by atoms with van der Waals surface area (Å²) >= 11 is 0. The Morgan fingerprint density at radius 3 is 2.21 bits per heavy atom. The van der Waals surface area contributed by atoms with Gasteiger partial charge in [0.05, 0.1) is 6.42 Å². The van der Waals surface area contributed by atoms with E-state index in [1.54, 1.807) is 29.2 Å². The molecule has 29 heavy (non-hydrogen) atoms. The van der Waals surface area contributed by atoms with Crippen LogP contribution in [0.4, 0.5) is 10.5 Å². The Bertz CT molecular complexity index is 1010. The number of hydrogen-bond acceptors (Lipinski definition) is 4. The Morgan fingerprint density at radius 1 is 1.00 bits per heavy atom. The Hall–Kier alpha value is -3.20. The number of nitrogens with zero attached hydrogens (tertiary/aromatic N) is 2. The first-order valence-electron chi connectivity index (χ1n) is 9.06. The highest BCUT2D eigenvalue weighted by molar-refractivity contribution is 8.04. The molecule has 0 saturated carbocycles. The molecule has 0 atom stereocenters. The zero-order chi connectivity index (χ0) is 20.9. The minimum atomic E-state index is -4.44. The standard InChI is InChI=1S/C20H21N4O4S/c21-20(26)29(27,28)23-19(24-12-4-5-13-24)16-8-10-17(11-9-16)22-18(25)14-15-6-2-1-3-7-15/h1-3,6-11,14H,4-5,12-13H2,(H2,21,26)(H,22,25).